The third-order valence-corrected chi connectivity index (χ3v) is 13.2. The van der Waals surface area contributed by atoms with Gasteiger partial charge in [0.2, 0.25) is 11.8 Å². The van der Waals surface area contributed by atoms with Gasteiger partial charge in [-0.2, -0.15) is 0 Å². The van der Waals surface area contributed by atoms with Crippen LogP contribution in [0.15, 0.2) is 134 Å². The Labute approximate surface area is 412 Å². The summed E-state index contributed by atoms with van der Waals surface area (Å²) < 4.78 is 55.5. The summed E-state index contributed by atoms with van der Waals surface area (Å²) in [7, 11) is -1.40. The van der Waals surface area contributed by atoms with Crippen LogP contribution in [0, 0.1) is 11.6 Å². The van der Waals surface area contributed by atoms with Crippen LogP contribution in [0.3, 0.4) is 0 Å². The Kier molecular flexibility index (Phi) is 18.0. The predicted octanol–water partition coefficient (Wildman–Crippen LogP) is 12.4. The normalized spacial score (nSPS) is 11.6. The molecule has 352 valence electrons. The molecule has 0 saturated heterocycles. The minimum atomic E-state index is -1.40. The maximum absolute atomic E-state index is 13.9. The summed E-state index contributed by atoms with van der Waals surface area (Å²) in [6.45, 7) is 9.21. The van der Waals surface area contributed by atoms with Gasteiger partial charge in [-0.05, 0) is 110 Å². The standard InChI is InChI=1S/C27H30BrFN4O2Si.C24H22BrFN4O2/c1-36(2,3)27-17-33(32-31-27)15-5-4-6-20-7-12-24(13-8-20)34-18-23-19-35-26(30-23)14-10-21-9-11-22(28)16-25(21)29;25-20-8-6-19(23(26)15-20)7-11-24-28-21(17-32-24)16-31-22-9-4-18(5-10-22)3-1-2-13-30-14-12-27-29-30/h7-14,16-17,19H,4-6,15,18H2,1-3H3;4-12,14-15,17H,1-3,13,16H2/b14-10+;11-7+. The van der Waals surface area contributed by atoms with E-state index in [1.54, 1.807) is 67.3 Å². The highest BCUT2D eigenvalue weighted by Gasteiger charge is 2.20. The predicted molar refractivity (Wildman–Crippen MR) is 270 cm³/mol. The molecule has 0 spiro atoms. The van der Waals surface area contributed by atoms with E-state index in [1.807, 2.05) is 39.8 Å². The van der Waals surface area contributed by atoms with Gasteiger partial charge in [-0.1, -0.05) is 98.3 Å². The van der Waals surface area contributed by atoms with E-state index in [1.165, 1.54) is 23.3 Å². The van der Waals surface area contributed by atoms with E-state index in [0.717, 1.165) is 68.4 Å². The summed E-state index contributed by atoms with van der Waals surface area (Å²) in [4.78, 5) is 8.73. The molecule has 0 aliphatic rings. The molecular weight excluding hydrogens is 1010 g/mol. The van der Waals surface area contributed by atoms with Crippen LogP contribution in [0.1, 0.15) is 71.1 Å². The van der Waals surface area contributed by atoms with E-state index in [9.17, 15) is 8.78 Å². The number of rotatable bonds is 21. The van der Waals surface area contributed by atoms with Gasteiger partial charge in [0.05, 0.1) is 11.5 Å². The minimum absolute atomic E-state index is 0.292. The third-order valence-electron chi connectivity index (χ3n) is 10.5. The monoisotopic (exact) mass is 1060 g/mol. The van der Waals surface area contributed by atoms with Gasteiger partial charge >= 0.3 is 0 Å². The molecule has 4 aromatic carbocycles. The van der Waals surface area contributed by atoms with Gasteiger partial charge in [0.1, 0.15) is 68.3 Å². The number of unbranched alkanes of at least 4 members (excludes halogenated alkanes) is 2. The molecule has 0 amide bonds. The van der Waals surface area contributed by atoms with Crippen LogP contribution in [-0.4, -0.2) is 48.0 Å². The second-order valence-corrected chi connectivity index (χ2v) is 23.8. The number of benzene rings is 4. The van der Waals surface area contributed by atoms with Gasteiger partial charge < -0.3 is 18.3 Å². The van der Waals surface area contributed by atoms with E-state index >= 15 is 0 Å². The third kappa shape index (κ3) is 15.9. The van der Waals surface area contributed by atoms with Gasteiger partial charge in [0.15, 0.2) is 0 Å². The van der Waals surface area contributed by atoms with Crippen molar-refractivity contribution in [1.29, 1.82) is 0 Å². The highest BCUT2D eigenvalue weighted by molar-refractivity contribution is 9.10. The fourth-order valence-corrected chi connectivity index (χ4v) is 8.20. The smallest absolute Gasteiger partial charge is 0.218 e. The SMILES string of the molecule is C[Si](C)(C)c1cn(CCCCc2ccc(OCc3coc(/C=C/c4ccc(Br)cc4F)n3)cc2)nn1.Fc1cc(Br)ccc1/C=C/c1nc(COc2ccc(CCCCn3ccnn3)cc2)co1. The first kappa shape index (κ1) is 49.6. The van der Waals surface area contributed by atoms with Crippen molar-refractivity contribution in [3.8, 4) is 11.5 Å². The van der Waals surface area contributed by atoms with Crippen molar-refractivity contribution in [1.82, 2.24) is 40.0 Å². The highest BCUT2D eigenvalue weighted by Crippen LogP contribution is 2.21. The minimum Gasteiger partial charge on any atom is -0.487 e. The molecule has 0 saturated carbocycles. The van der Waals surface area contributed by atoms with Crippen LogP contribution in [0.5, 0.6) is 11.5 Å². The zero-order chi connectivity index (χ0) is 47.7. The number of aryl methyl sites for hydroxylation is 4. The Hall–Kier alpha value is -6.30. The molecule has 0 unspecified atom stereocenters. The second-order valence-electron chi connectivity index (χ2n) is 16.9. The topological polar surface area (TPSA) is 132 Å². The molecule has 0 radical (unpaired) electrons. The first-order chi connectivity index (χ1) is 32.9. The zero-order valence-electron chi connectivity index (χ0n) is 38.1. The Bertz CT molecular complexity index is 2860. The number of aromatic nitrogens is 8. The first-order valence-corrected chi connectivity index (χ1v) is 27.3. The van der Waals surface area contributed by atoms with Crippen LogP contribution >= 0.6 is 31.9 Å². The summed E-state index contributed by atoms with van der Waals surface area (Å²) in [6, 6.07) is 26.0. The molecule has 12 nitrogen and oxygen atoms in total. The summed E-state index contributed by atoms with van der Waals surface area (Å²) in [6.07, 6.45) is 21.6. The van der Waals surface area contributed by atoms with Crippen LogP contribution in [0.2, 0.25) is 19.6 Å². The van der Waals surface area contributed by atoms with Crippen LogP contribution in [-0.2, 0) is 39.1 Å². The van der Waals surface area contributed by atoms with Crippen molar-refractivity contribution in [2.45, 2.75) is 84.5 Å². The Morgan fingerprint density at radius 2 is 1.12 bits per heavy atom. The largest absolute Gasteiger partial charge is 0.487 e. The fourth-order valence-electron chi connectivity index (χ4n) is 6.65. The van der Waals surface area contributed by atoms with Crippen molar-refractivity contribution in [2.24, 2.45) is 0 Å². The average Bonchev–Trinajstić information content (AvgIpc) is 4.18. The second kappa shape index (κ2) is 24.6. The van der Waals surface area contributed by atoms with E-state index < -0.39 is 8.07 Å². The van der Waals surface area contributed by atoms with E-state index in [0.29, 0.717) is 56.5 Å². The van der Waals surface area contributed by atoms with Gasteiger partial charge in [0, 0.05) is 57.7 Å². The van der Waals surface area contributed by atoms with Crippen LogP contribution in [0.25, 0.3) is 24.3 Å². The fraction of sp³-hybridized carbons (Fsp3) is 0.255. The number of hydrogen-bond acceptors (Lipinski definition) is 10. The molecule has 8 rings (SSSR count). The lowest BCUT2D eigenvalue weighted by atomic mass is 10.1. The van der Waals surface area contributed by atoms with Gasteiger partial charge in [0.25, 0.3) is 0 Å². The van der Waals surface area contributed by atoms with Crippen molar-refractivity contribution < 1.29 is 27.1 Å². The molecule has 4 aromatic heterocycles. The van der Waals surface area contributed by atoms with Crippen LogP contribution < -0.4 is 14.8 Å². The van der Waals surface area contributed by atoms with E-state index in [2.05, 4.69) is 113 Å². The average molecular weight is 1070 g/mol. The maximum Gasteiger partial charge on any atom is 0.218 e. The number of hydrogen-bond donors (Lipinski definition) is 0. The molecule has 17 heteroatoms. The van der Waals surface area contributed by atoms with Gasteiger partial charge in [-0.3, -0.25) is 9.36 Å². The zero-order valence-corrected chi connectivity index (χ0v) is 42.2. The van der Waals surface area contributed by atoms with Gasteiger partial charge in [-0.15, -0.1) is 10.2 Å². The maximum atomic E-state index is 13.9. The van der Waals surface area contributed by atoms with E-state index in [4.69, 9.17) is 18.3 Å². The van der Waals surface area contributed by atoms with Crippen molar-refractivity contribution in [3.63, 3.8) is 0 Å². The molecule has 0 bridgehead atoms. The molecule has 0 N–H and O–H groups in total. The molecule has 0 fully saturated rings. The molecular formula is C51H52Br2F2N8O4Si. The quantitative estimate of drug-likeness (QED) is 0.0506. The Morgan fingerprint density at radius 3 is 1.56 bits per heavy atom. The Balaban J connectivity index is 0.000000203. The lowest BCUT2D eigenvalue weighted by molar-refractivity contribution is 0.301. The Morgan fingerprint density at radius 1 is 0.618 bits per heavy atom. The number of ether oxygens (including phenoxy) is 2. The summed E-state index contributed by atoms with van der Waals surface area (Å²) >= 11 is 6.49. The lowest BCUT2D eigenvalue weighted by Gasteiger charge is -2.09. The lowest BCUT2D eigenvalue weighted by Crippen LogP contribution is -2.38. The molecule has 68 heavy (non-hydrogen) atoms. The summed E-state index contributed by atoms with van der Waals surface area (Å²) in [5.74, 6) is 1.71. The molecule has 0 atom stereocenters. The van der Waals surface area contributed by atoms with Crippen molar-refractivity contribution in [3.05, 3.63) is 182 Å². The van der Waals surface area contributed by atoms with Crippen LogP contribution in [0.4, 0.5) is 8.78 Å². The molecule has 0 aliphatic carbocycles. The number of halogens is 4. The molecule has 0 aliphatic heterocycles. The molecule has 4 heterocycles. The van der Waals surface area contributed by atoms with Crippen molar-refractivity contribution in [2.75, 3.05) is 0 Å². The summed E-state index contributed by atoms with van der Waals surface area (Å²) in [5.41, 5.74) is 4.80. The summed E-state index contributed by atoms with van der Waals surface area (Å²) in [5, 5.41) is 17.5. The van der Waals surface area contributed by atoms with E-state index in [-0.39, 0.29) is 11.6 Å². The van der Waals surface area contributed by atoms with Gasteiger partial charge in [-0.25, -0.2) is 18.7 Å². The first-order valence-electron chi connectivity index (χ1n) is 22.3. The number of nitrogens with zero attached hydrogens (tertiary/aromatic N) is 8. The molecule has 8 aromatic rings. The van der Waals surface area contributed by atoms with Crippen molar-refractivity contribution >= 4 is 69.6 Å². The highest BCUT2D eigenvalue weighted by atomic mass is 79.9. The number of oxazole rings is 2.